The number of hydrogen-bond acceptors (Lipinski definition) is 4. The van der Waals surface area contributed by atoms with Gasteiger partial charge in [0.05, 0.1) is 12.4 Å². The standard InChI is InChI=1S/C12H17N3O2/c1-2-15(8-9-4-3-5-9)11-7-13-10(6-14-11)12(16)17/h6-7,9H,2-5,8H2,1H3,(H,16,17). The lowest BCUT2D eigenvalue weighted by Crippen LogP contribution is -2.33. The molecule has 5 heteroatoms. The van der Waals surface area contributed by atoms with Crippen LogP contribution in [-0.2, 0) is 0 Å². The molecule has 0 aromatic carbocycles. The van der Waals surface area contributed by atoms with Gasteiger partial charge in [0, 0.05) is 13.1 Å². The number of rotatable bonds is 5. The van der Waals surface area contributed by atoms with E-state index in [0.717, 1.165) is 24.8 Å². The molecular formula is C12H17N3O2. The summed E-state index contributed by atoms with van der Waals surface area (Å²) < 4.78 is 0. The first-order valence-corrected chi connectivity index (χ1v) is 6.01. The van der Waals surface area contributed by atoms with E-state index >= 15 is 0 Å². The van der Waals surface area contributed by atoms with E-state index in [1.807, 2.05) is 0 Å². The van der Waals surface area contributed by atoms with E-state index < -0.39 is 5.97 Å². The van der Waals surface area contributed by atoms with Gasteiger partial charge in [0.25, 0.3) is 0 Å². The zero-order chi connectivity index (χ0) is 12.3. The zero-order valence-electron chi connectivity index (χ0n) is 9.96. The van der Waals surface area contributed by atoms with Gasteiger partial charge in [-0.15, -0.1) is 0 Å². The molecule has 0 radical (unpaired) electrons. The fourth-order valence-electron chi connectivity index (χ4n) is 1.97. The van der Waals surface area contributed by atoms with Crippen molar-refractivity contribution in [1.82, 2.24) is 9.97 Å². The van der Waals surface area contributed by atoms with E-state index in [1.165, 1.54) is 25.5 Å². The quantitative estimate of drug-likeness (QED) is 0.843. The molecule has 1 N–H and O–H groups in total. The summed E-state index contributed by atoms with van der Waals surface area (Å²) >= 11 is 0. The minimum atomic E-state index is -1.04. The molecule has 0 spiro atoms. The SMILES string of the molecule is CCN(CC1CCC1)c1cnc(C(=O)O)cn1. The highest BCUT2D eigenvalue weighted by Crippen LogP contribution is 2.28. The van der Waals surface area contributed by atoms with Crippen LogP contribution in [0.1, 0.15) is 36.7 Å². The Morgan fingerprint density at radius 2 is 2.24 bits per heavy atom. The van der Waals surface area contributed by atoms with Gasteiger partial charge in [-0.05, 0) is 25.7 Å². The van der Waals surface area contributed by atoms with Crippen LogP contribution in [0.4, 0.5) is 5.82 Å². The predicted molar refractivity (Wildman–Crippen MR) is 64.2 cm³/mol. The van der Waals surface area contributed by atoms with Crippen molar-refractivity contribution >= 4 is 11.8 Å². The van der Waals surface area contributed by atoms with Crippen molar-refractivity contribution < 1.29 is 9.90 Å². The predicted octanol–water partition coefficient (Wildman–Crippen LogP) is 1.80. The minimum Gasteiger partial charge on any atom is -0.476 e. The number of carbonyl (C=O) groups is 1. The lowest BCUT2D eigenvalue weighted by Gasteiger charge is -2.32. The largest absolute Gasteiger partial charge is 0.476 e. The number of aromatic nitrogens is 2. The first-order valence-electron chi connectivity index (χ1n) is 6.01. The van der Waals surface area contributed by atoms with Gasteiger partial charge in [0.2, 0.25) is 0 Å². The van der Waals surface area contributed by atoms with E-state index in [9.17, 15) is 4.79 Å². The number of nitrogens with zero attached hydrogens (tertiary/aromatic N) is 3. The Hall–Kier alpha value is -1.65. The average Bonchev–Trinajstić information content (AvgIpc) is 2.28. The minimum absolute atomic E-state index is 0.00607. The molecule has 0 bridgehead atoms. The lowest BCUT2D eigenvalue weighted by molar-refractivity contribution is 0.0690. The molecule has 0 atom stereocenters. The number of carboxylic acid groups (broad SMARTS) is 1. The maximum Gasteiger partial charge on any atom is 0.356 e. The Morgan fingerprint density at radius 3 is 2.65 bits per heavy atom. The first-order chi connectivity index (χ1) is 8.20. The second-order valence-corrected chi connectivity index (χ2v) is 4.40. The molecular weight excluding hydrogens is 218 g/mol. The van der Waals surface area contributed by atoms with Crippen LogP contribution in [-0.4, -0.2) is 34.1 Å². The number of anilines is 1. The molecule has 5 nitrogen and oxygen atoms in total. The molecule has 1 aromatic heterocycles. The van der Waals surface area contributed by atoms with Crippen LogP contribution in [0, 0.1) is 5.92 Å². The number of carboxylic acids is 1. The van der Waals surface area contributed by atoms with Gasteiger partial charge in [-0.25, -0.2) is 14.8 Å². The van der Waals surface area contributed by atoms with Crippen molar-refractivity contribution in [2.45, 2.75) is 26.2 Å². The third-order valence-corrected chi connectivity index (χ3v) is 3.27. The molecule has 92 valence electrons. The summed E-state index contributed by atoms with van der Waals surface area (Å²) in [5.41, 5.74) is -0.00607. The molecule has 1 saturated carbocycles. The third kappa shape index (κ3) is 2.72. The van der Waals surface area contributed by atoms with Crippen LogP contribution in [0.3, 0.4) is 0 Å². The van der Waals surface area contributed by atoms with Gasteiger partial charge in [0.15, 0.2) is 5.69 Å². The summed E-state index contributed by atoms with van der Waals surface area (Å²) in [6.07, 6.45) is 6.77. The van der Waals surface area contributed by atoms with Crippen molar-refractivity contribution in [1.29, 1.82) is 0 Å². The number of aromatic carboxylic acids is 1. The van der Waals surface area contributed by atoms with Crippen molar-refractivity contribution in [3.05, 3.63) is 18.1 Å². The molecule has 0 aliphatic heterocycles. The van der Waals surface area contributed by atoms with Crippen LogP contribution in [0.15, 0.2) is 12.4 Å². The normalized spacial score (nSPS) is 15.4. The Bertz CT molecular complexity index is 387. The van der Waals surface area contributed by atoms with E-state index in [0.29, 0.717) is 0 Å². The summed E-state index contributed by atoms with van der Waals surface area (Å²) in [6.45, 7) is 3.95. The Kier molecular flexibility index (Phi) is 3.56. The fourth-order valence-corrected chi connectivity index (χ4v) is 1.97. The molecule has 1 aliphatic rings. The highest BCUT2D eigenvalue weighted by molar-refractivity contribution is 5.84. The molecule has 1 fully saturated rings. The summed E-state index contributed by atoms with van der Waals surface area (Å²) in [6, 6.07) is 0. The van der Waals surface area contributed by atoms with E-state index in [-0.39, 0.29) is 5.69 Å². The Morgan fingerprint density at radius 1 is 1.47 bits per heavy atom. The van der Waals surface area contributed by atoms with E-state index in [2.05, 4.69) is 21.8 Å². The Balaban J connectivity index is 2.04. The highest BCUT2D eigenvalue weighted by atomic mass is 16.4. The van der Waals surface area contributed by atoms with Crippen LogP contribution >= 0.6 is 0 Å². The fraction of sp³-hybridized carbons (Fsp3) is 0.583. The molecule has 17 heavy (non-hydrogen) atoms. The lowest BCUT2D eigenvalue weighted by atomic mass is 9.85. The van der Waals surface area contributed by atoms with Gasteiger partial charge in [0.1, 0.15) is 5.82 Å². The molecule has 0 unspecified atom stereocenters. The molecule has 0 saturated heterocycles. The first kappa shape index (κ1) is 11.8. The third-order valence-electron chi connectivity index (χ3n) is 3.27. The average molecular weight is 235 g/mol. The van der Waals surface area contributed by atoms with Crippen molar-refractivity contribution in [2.75, 3.05) is 18.0 Å². The van der Waals surface area contributed by atoms with Gasteiger partial charge in [-0.1, -0.05) is 6.42 Å². The highest BCUT2D eigenvalue weighted by Gasteiger charge is 2.21. The maximum atomic E-state index is 10.7. The van der Waals surface area contributed by atoms with Crippen LogP contribution in [0.5, 0.6) is 0 Å². The monoisotopic (exact) mass is 235 g/mol. The Labute approximate surface area is 100 Å². The molecule has 2 rings (SSSR count). The van der Waals surface area contributed by atoms with Gasteiger partial charge >= 0.3 is 5.97 Å². The van der Waals surface area contributed by atoms with E-state index in [1.54, 1.807) is 6.20 Å². The maximum absolute atomic E-state index is 10.7. The number of hydrogen-bond donors (Lipinski definition) is 1. The molecule has 1 heterocycles. The van der Waals surface area contributed by atoms with Crippen LogP contribution in [0.25, 0.3) is 0 Å². The molecule has 1 aliphatic carbocycles. The van der Waals surface area contributed by atoms with Crippen molar-refractivity contribution in [3.63, 3.8) is 0 Å². The van der Waals surface area contributed by atoms with Gasteiger partial charge in [-0.2, -0.15) is 0 Å². The topological polar surface area (TPSA) is 66.3 Å². The summed E-state index contributed by atoms with van der Waals surface area (Å²) in [5, 5.41) is 8.75. The summed E-state index contributed by atoms with van der Waals surface area (Å²) in [4.78, 5) is 20.9. The zero-order valence-corrected chi connectivity index (χ0v) is 9.96. The second-order valence-electron chi connectivity index (χ2n) is 4.40. The van der Waals surface area contributed by atoms with E-state index in [4.69, 9.17) is 5.11 Å². The van der Waals surface area contributed by atoms with Gasteiger partial charge < -0.3 is 10.0 Å². The second kappa shape index (κ2) is 5.12. The van der Waals surface area contributed by atoms with Crippen LogP contribution in [0.2, 0.25) is 0 Å². The van der Waals surface area contributed by atoms with Crippen molar-refractivity contribution in [3.8, 4) is 0 Å². The molecule has 1 aromatic rings. The smallest absolute Gasteiger partial charge is 0.356 e. The summed E-state index contributed by atoms with van der Waals surface area (Å²) in [7, 11) is 0. The van der Waals surface area contributed by atoms with Gasteiger partial charge in [-0.3, -0.25) is 0 Å². The van der Waals surface area contributed by atoms with Crippen LogP contribution < -0.4 is 4.90 Å². The summed E-state index contributed by atoms with van der Waals surface area (Å²) in [5.74, 6) is 0.492. The molecule has 0 amide bonds. The van der Waals surface area contributed by atoms with Crippen molar-refractivity contribution in [2.24, 2.45) is 5.92 Å².